The molecule has 2 saturated heterocycles. The highest BCUT2D eigenvalue weighted by molar-refractivity contribution is 5.92. The van der Waals surface area contributed by atoms with Gasteiger partial charge >= 0.3 is 0 Å². The number of aliphatic hydroxyl groups excluding tert-OH is 1. The summed E-state index contributed by atoms with van der Waals surface area (Å²) in [5.74, 6) is -0.0812. The second-order valence-electron chi connectivity index (χ2n) is 14.1. The Labute approximate surface area is 316 Å². The summed E-state index contributed by atoms with van der Waals surface area (Å²) in [5, 5.41) is 32.5. The van der Waals surface area contributed by atoms with E-state index in [9.17, 15) is 15.0 Å². The molecular formula is C42H63N3O8. The Morgan fingerprint density at radius 1 is 0.925 bits per heavy atom. The minimum atomic E-state index is -1.48. The predicted octanol–water partition coefficient (Wildman–Crippen LogP) is 4.98. The highest BCUT2D eigenvalue weighted by Crippen LogP contribution is 2.28. The van der Waals surface area contributed by atoms with Gasteiger partial charge in [0.05, 0.1) is 25.9 Å². The van der Waals surface area contributed by atoms with Gasteiger partial charge in [0.15, 0.2) is 18.3 Å². The quantitative estimate of drug-likeness (QED) is 0.243. The van der Waals surface area contributed by atoms with E-state index >= 15 is 0 Å². The van der Waals surface area contributed by atoms with Gasteiger partial charge in [0, 0.05) is 12.1 Å². The Kier molecular flexibility index (Phi) is 18.4. The zero-order valence-corrected chi connectivity index (χ0v) is 33.0. The number of allylic oxidation sites excluding steroid dienone is 14. The number of aliphatic hydroxyl groups is 2. The van der Waals surface area contributed by atoms with Crippen molar-refractivity contribution >= 4 is 5.91 Å². The lowest BCUT2D eigenvalue weighted by molar-refractivity contribution is -0.295. The lowest BCUT2D eigenvalue weighted by Gasteiger charge is -2.44. The lowest BCUT2D eigenvalue weighted by atomic mass is 9.96. The number of hydrogen-bond donors (Lipinski definition) is 5. The number of carbonyl (C=O) groups excluding carboxylic acids is 1. The minimum Gasteiger partial charge on any atom is -0.491 e. The number of methoxy groups -OCH3 is 1. The number of rotatable bonds is 7. The Balaban J connectivity index is 1.85. The van der Waals surface area contributed by atoms with Crippen molar-refractivity contribution < 1.29 is 38.7 Å². The van der Waals surface area contributed by atoms with Crippen LogP contribution in [0.2, 0.25) is 0 Å². The molecule has 0 saturated carbocycles. The molecule has 0 spiro atoms. The molecule has 0 unspecified atom stereocenters. The van der Waals surface area contributed by atoms with Crippen LogP contribution in [0.1, 0.15) is 60.8 Å². The number of nitrogens with one attached hydrogen (secondary N) is 3. The monoisotopic (exact) mass is 737 g/mol. The molecule has 0 aromatic carbocycles. The zero-order chi connectivity index (χ0) is 39.0. The highest BCUT2D eigenvalue weighted by atomic mass is 16.7. The van der Waals surface area contributed by atoms with E-state index in [4.69, 9.17) is 23.7 Å². The third kappa shape index (κ3) is 14.4. The lowest BCUT2D eigenvalue weighted by Crippen LogP contribution is -2.62. The van der Waals surface area contributed by atoms with Crippen LogP contribution in [0.25, 0.3) is 0 Å². The van der Waals surface area contributed by atoms with Gasteiger partial charge in [-0.15, -0.1) is 0 Å². The van der Waals surface area contributed by atoms with Crippen LogP contribution in [0.5, 0.6) is 0 Å². The fourth-order valence-electron chi connectivity index (χ4n) is 6.14. The van der Waals surface area contributed by atoms with E-state index in [1.54, 1.807) is 44.4 Å². The third-order valence-corrected chi connectivity index (χ3v) is 9.46. The summed E-state index contributed by atoms with van der Waals surface area (Å²) in [5.41, 5.74) is 1.41. The summed E-state index contributed by atoms with van der Waals surface area (Å²) in [6, 6.07) is -0.483. The van der Waals surface area contributed by atoms with Crippen molar-refractivity contribution in [3.8, 4) is 0 Å². The van der Waals surface area contributed by atoms with Crippen molar-refractivity contribution in [3.05, 3.63) is 108 Å². The molecule has 3 aliphatic rings. The maximum Gasteiger partial charge on any atom is 0.286 e. The number of ether oxygens (including phenoxy) is 5. The molecule has 3 heterocycles. The maximum absolute atomic E-state index is 12.9. The molecule has 1 amide bonds. The molecule has 0 bridgehead atoms. The van der Waals surface area contributed by atoms with Crippen LogP contribution in [0.4, 0.5) is 0 Å². The summed E-state index contributed by atoms with van der Waals surface area (Å²) >= 11 is 0. The van der Waals surface area contributed by atoms with E-state index in [1.807, 2.05) is 90.3 Å². The molecule has 3 aliphatic heterocycles. The van der Waals surface area contributed by atoms with Gasteiger partial charge in [-0.2, -0.15) is 0 Å². The average molecular weight is 738 g/mol. The molecule has 2 fully saturated rings. The Hall–Kier alpha value is -3.39. The molecule has 0 aromatic rings. The molecule has 0 aromatic heterocycles. The summed E-state index contributed by atoms with van der Waals surface area (Å²) in [6.45, 7) is 11.6. The van der Waals surface area contributed by atoms with E-state index in [2.05, 4.69) is 22.0 Å². The van der Waals surface area contributed by atoms with E-state index in [0.717, 1.165) is 23.1 Å². The number of carbonyl (C=O) groups is 1. The molecule has 53 heavy (non-hydrogen) atoms. The summed E-state index contributed by atoms with van der Waals surface area (Å²) in [7, 11) is 5.12. The van der Waals surface area contributed by atoms with Crippen molar-refractivity contribution in [2.24, 2.45) is 0 Å². The number of likely N-dealkylation sites (N-methyl/N-ethyl adjacent to an activating group) is 2. The number of amides is 1. The Morgan fingerprint density at radius 2 is 1.66 bits per heavy atom. The van der Waals surface area contributed by atoms with Crippen LogP contribution in [0, 0.1) is 0 Å². The first-order chi connectivity index (χ1) is 25.3. The van der Waals surface area contributed by atoms with E-state index in [-0.39, 0.29) is 36.5 Å². The minimum absolute atomic E-state index is 0.0257. The molecule has 3 rings (SSSR count). The van der Waals surface area contributed by atoms with E-state index < -0.39 is 42.5 Å². The Bertz CT molecular complexity index is 1460. The molecule has 0 radical (unpaired) electrons. The van der Waals surface area contributed by atoms with Crippen LogP contribution in [0.15, 0.2) is 108 Å². The third-order valence-electron chi connectivity index (χ3n) is 9.46. The average Bonchev–Trinajstić information content (AvgIpc) is 3.11. The smallest absolute Gasteiger partial charge is 0.286 e. The van der Waals surface area contributed by atoms with Gasteiger partial charge in [0.1, 0.15) is 23.9 Å². The molecular weight excluding hydrogens is 674 g/mol. The molecule has 10 atom stereocenters. The van der Waals surface area contributed by atoms with Gasteiger partial charge in [-0.3, -0.25) is 4.79 Å². The van der Waals surface area contributed by atoms with Crippen molar-refractivity contribution in [2.75, 3.05) is 27.8 Å². The van der Waals surface area contributed by atoms with Gasteiger partial charge < -0.3 is 49.8 Å². The van der Waals surface area contributed by atoms with Crippen molar-refractivity contribution in [2.45, 2.75) is 122 Å². The van der Waals surface area contributed by atoms with Crippen LogP contribution in [-0.2, 0) is 28.5 Å². The SMILES string of the molecule is CN[C@H]1[C@H](O[C@H]2C=CC=CC(C)=CC=CC(C)=CC[C@H](C)NC(=O)C(OC)=CC(C)=CC=CC=C[C@@]2(C)O)OC[C@@H](O[C@H]2CC[C@H](NC)[C@@H](C)O2)[C@@H]1O. The maximum atomic E-state index is 12.9. The largest absolute Gasteiger partial charge is 0.491 e. The fourth-order valence-corrected chi connectivity index (χ4v) is 6.14. The molecule has 11 nitrogen and oxygen atoms in total. The van der Waals surface area contributed by atoms with Crippen molar-refractivity contribution in [1.82, 2.24) is 16.0 Å². The van der Waals surface area contributed by atoms with E-state index in [1.165, 1.54) is 7.11 Å². The first-order valence-corrected chi connectivity index (χ1v) is 18.6. The van der Waals surface area contributed by atoms with Gasteiger partial charge in [-0.25, -0.2) is 0 Å². The van der Waals surface area contributed by atoms with Crippen molar-refractivity contribution in [1.29, 1.82) is 0 Å². The van der Waals surface area contributed by atoms with Gasteiger partial charge in [-0.1, -0.05) is 90.1 Å². The highest BCUT2D eigenvalue weighted by Gasteiger charge is 2.44. The van der Waals surface area contributed by atoms with Gasteiger partial charge in [0.2, 0.25) is 0 Å². The summed E-state index contributed by atoms with van der Waals surface area (Å²) in [6.07, 6.45) is 24.4. The first-order valence-electron chi connectivity index (χ1n) is 18.6. The molecule has 11 heteroatoms. The standard InChI is InChI=1S/C42H63N3O8/c1-28-16-12-13-20-36(53-41-38(44-8)39(46)35(27-50-41)52-37-24-23-33(43-7)32(5)51-37)42(6,48)25-14-10-11-17-30(3)26-34(49-9)40(47)45-31(4)22-21-29(2)19-15-18-28/h10-21,25-26,31-33,35-39,41,43-44,46,48H,22-24,27H2,1-9H3,(H,45,47)/t31-,32+,33-,35+,36-,37-,38+,39-,41-,42+/m0/s1. The van der Waals surface area contributed by atoms with Crippen LogP contribution >= 0.6 is 0 Å². The van der Waals surface area contributed by atoms with Crippen LogP contribution in [-0.4, -0.2) is 105 Å². The summed E-state index contributed by atoms with van der Waals surface area (Å²) in [4.78, 5) is 12.9. The van der Waals surface area contributed by atoms with Gasteiger partial charge in [-0.05, 0) is 86.5 Å². The second kappa shape index (κ2) is 22.1. The predicted molar refractivity (Wildman–Crippen MR) is 210 cm³/mol. The second-order valence-corrected chi connectivity index (χ2v) is 14.1. The fraction of sp³-hybridized carbons (Fsp3) is 0.548. The normalized spacial score (nSPS) is 34.3. The molecule has 5 N–H and O–H groups in total. The first kappa shape index (κ1) is 44.0. The topological polar surface area (TPSA) is 140 Å². The van der Waals surface area contributed by atoms with E-state index in [0.29, 0.717) is 12.8 Å². The summed E-state index contributed by atoms with van der Waals surface area (Å²) < 4.78 is 30.2. The van der Waals surface area contributed by atoms with Crippen LogP contribution in [0.3, 0.4) is 0 Å². The van der Waals surface area contributed by atoms with Crippen molar-refractivity contribution in [3.63, 3.8) is 0 Å². The molecule has 0 aliphatic carbocycles. The zero-order valence-electron chi connectivity index (χ0n) is 33.0. The number of hydrogen-bond acceptors (Lipinski definition) is 10. The molecule has 294 valence electrons. The van der Waals surface area contributed by atoms with Crippen LogP contribution < -0.4 is 16.0 Å². The Morgan fingerprint density at radius 3 is 2.36 bits per heavy atom. The van der Waals surface area contributed by atoms with Gasteiger partial charge in [0.25, 0.3) is 5.91 Å².